The third-order valence-electron chi connectivity index (χ3n) is 3.28. The fraction of sp³-hybridized carbons (Fsp3) is 0.200. The molecule has 2 N–H and O–H groups in total. The normalized spacial score (nSPS) is 16.3. The molecule has 4 heteroatoms. The molecule has 2 aromatic rings. The van der Waals surface area contributed by atoms with Gasteiger partial charge in [-0.05, 0) is 35.9 Å². The number of aliphatic hydroxyl groups excluding tert-OH is 2. The Morgan fingerprint density at radius 3 is 2.47 bits per heavy atom. The standard InChI is InChI=1S/C15H14O4/c1-18-10-3-5-14-12(7-10)15(17)11-6-9(8-16)2-4-13(11)19-14/h2-7,15-17H,8H2,1H3. The minimum Gasteiger partial charge on any atom is -0.497 e. The largest absolute Gasteiger partial charge is 0.497 e. The number of rotatable bonds is 2. The minimum atomic E-state index is -0.777. The van der Waals surface area contributed by atoms with Crippen LogP contribution in [-0.2, 0) is 6.61 Å². The SMILES string of the molecule is COc1ccc2c(c1)C(O)c1cc(CO)ccc1O2. The van der Waals surface area contributed by atoms with E-state index in [1.807, 2.05) is 0 Å². The van der Waals surface area contributed by atoms with Crippen molar-refractivity contribution in [2.45, 2.75) is 12.7 Å². The highest BCUT2D eigenvalue weighted by atomic mass is 16.5. The maximum atomic E-state index is 10.4. The van der Waals surface area contributed by atoms with Crippen molar-refractivity contribution in [1.82, 2.24) is 0 Å². The van der Waals surface area contributed by atoms with Crippen LogP contribution in [0, 0.1) is 0 Å². The van der Waals surface area contributed by atoms with Crippen LogP contribution in [0.1, 0.15) is 22.8 Å². The molecular formula is C15H14O4. The van der Waals surface area contributed by atoms with E-state index in [0.717, 1.165) is 5.56 Å². The van der Waals surface area contributed by atoms with Gasteiger partial charge in [0, 0.05) is 11.1 Å². The van der Waals surface area contributed by atoms with Crippen molar-refractivity contribution < 1.29 is 19.7 Å². The molecule has 1 atom stereocenters. The lowest BCUT2D eigenvalue weighted by Gasteiger charge is -2.25. The van der Waals surface area contributed by atoms with Crippen molar-refractivity contribution in [2.75, 3.05) is 7.11 Å². The molecule has 1 aliphatic rings. The number of hydrogen-bond donors (Lipinski definition) is 2. The summed E-state index contributed by atoms with van der Waals surface area (Å²) in [5.41, 5.74) is 2.07. The van der Waals surface area contributed by atoms with Gasteiger partial charge >= 0.3 is 0 Å². The zero-order valence-electron chi connectivity index (χ0n) is 10.5. The van der Waals surface area contributed by atoms with Gasteiger partial charge in [0.05, 0.1) is 13.7 Å². The Bertz CT molecular complexity index is 568. The summed E-state index contributed by atoms with van der Waals surface area (Å²) in [5, 5.41) is 19.6. The molecule has 0 saturated heterocycles. The monoisotopic (exact) mass is 258 g/mol. The number of methoxy groups -OCH3 is 1. The van der Waals surface area contributed by atoms with Crippen LogP contribution in [0.4, 0.5) is 0 Å². The predicted molar refractivity (Wildman–Crippen MR) is 69.5 cm³/mol. The topological polar surface area (TPSA) is 58.9 Å². The summed E-state index contributed by atoms with van der Waals surface area (Å²) in [7, 11) is 1.58. The third kappa shape index (κ3) is 1.95. The van der Waals surface area contributed by atoms with Gasteiger partial charge in [0.15, 0.2) is 0 Å². The van der Waals surface area contributed by atoms with Crippen molar-refractivity contribution in [2.24, 2.45) is 0 Å². The third-order valence-corrected chi connectivity index (χ3v) is 3.28. The summed E-state index contributed by atoms with van der Waals surface area (Å²) in [6.07, 6.45) is -0.777. The van der Waals surface area contributed by atoms with Crippen LogP contribution in [0.5, 0.6) is 17.2 Å². The summed E-state index contributed by atoms with van der Waals surface area (Å²) in [5.74, 6) is 1.91. The Kier molecular flexibility index (Phi) is 2.89. The van der Waals surface area contributed by atoms with Gasteiger partial charge in [0.25, 0.3) is 0 Å². The highest BCUT2D eigenvalue weighted by molar-refractivity contribution is 5.54. The van der Waals surface area contributed by atoms with Crippen molar-refractivity contribution in [3.8, 4) is 17.2 Å². The van der Waals surface area contributed by atoms with E-state index in [2.05, 4.69) is 0 Å². The lowest BCUT2D eigenvalue weighted by Crippen LogP contribution is -2.10. The average Bonchev–Trinajstić information content (AvgIpc) is 2.47. The fourth-order valence-corrected chi connectivity index (χ4v) is 2.25. The van der Waals surface area contributed by atoms with Gasteiger partial charge in [0.2, 0.25) is 0 Å². The number of benzene rings is 2. The van der Waals surface area contributed by atoms with E-state index in [-0.39, 0.29) is 6.61 Å². The lowest BCUT2D eigenvalue weighted by atomic mass is 9.95. The lowest BCUT2D eigenvalue weighted by molar-refractivity contribution is 0.201. The Morgan fingerprint density at radius 1 is 1.11 bits per heavy atom. The smallest absolute Gasteiger partial charge is 0.133 e. The van der Waals surface area contributed by atoms with Crippen LogP contribution >= 0.6 is 0 Å². The molecule has 0 saturated carbocycles. The molecule has 98 valence electrons. The van der Waals surface area contributed by atoms with Crippen LogP contribution in [0.25, 0.3) is 0 Å². The van der Waals surface area contributed by atoms with E-state index < -0.39 is 6.10 Å². The molecule has 0 fully saturated rings. The van der Waals surface area contributed by atoms with Crippen LogP contribution in [0.2, 0.25) is 0 Å². The molecule has 2 aromatic carbocycles. The van der Waals surface area contributed by atoms with Crippen molar-refractivity contribution in [1.29, 1.82) is 0 Å². The van der Waals surface area contributed by atoms with E-state index >= 15 is 0 Å². The molecule has 0 amide bonds. The average molecular weight is 258 g/mol. The van der Waals surface area contributed by atoms with Crippen LogP contribution in [0.3, 0.4) is 0 Å². The summed E-state index contributed by atoms with van der Waals surface area (Å²) < 4.78 is 10.9. The second-order valence-corrected chi connectivity index (χ2v) is 4.44. The summed E-state index contributed by atoms with van der Waals surface area (Å²) >= 11 is 0. The van der Waals surface area contributed by atoms with Gasteiger partial charge in [-0.2, -0.15) is 0 Å². The molecule has 4 nitrogen and oxygen atoms in total. The quantitative estimate of drug-likeness (QED) is 0.868. The Hall–Kier alpha value is -2.04. The highest BCUT2D eigenvalue weighted by Gasteiger charge is 2.26. The van der Waals surface area contributed by atoms with Crippen molar-refractivity contribution in [3.63, 3.8) is 0 Å². The van der Waals surface area contributed by atoms with Gasteiger partial charge in [0.1, 0.15) is 23.4 Å². The Labute approximate surface area is 110 Å². The first-order valence-electron chi connectivity index (χ1n) is 6.00. The first-order chi connectivity index (χ1) is 9.22. The van der Waals surface area contributed by atoms with E-state index in [0.29, 0.717) is 28.4 Å². The first-order valence-corrected chi connectivity index (χ1v) is 6.00. The number of ether oxygens (including phenoxy) is 2. The molecule has 0 aromatic heterocycles. The molecule has 0 radical (unpaired) electrons. The summed E-state index contributed by atoms with van der Waals surface area (Å²) in [6.45, 7) is -0.0645. The summed E-state index contributed by atoms with van der Waals surface area (Å²) in [6, 6.07) is 10.6. The van der Waals surface area contributed by atoms with E-state index in [4.69, 9.17) is 14.6 Å². The number of hydrogen-bond acceptors (Lipinski definition) is 4. The van der Waals surface area contributed by atoms with Crippen molar-refractivity contribution in [3.05, 3.63) is 53.1 Å². The van der Waals surface area contributed by atoms with E-state index in [9.17, 15) is 5.11 Å². The first kappa shape index (κ1) is 12.0. The molecule has 1 unspecified atom stereocenters. The fourth-order valence-electron chi connectivity index (χ4n) is 2.25. The second kappa shape index (κ2) is 4.57. The highest BCUT2D eigenvalue weighted by Crippen LogP contribution is 2.44. The number of aliphatic hydroxyl groups is 2. The zero-order chi connectivity index (χ0) is 13.4. The van der Waals surface area contributed by atoms with Gasteiger partial charge in [-0.1, -0.05) is 6.07 Å². The van der Waals surface area contributed by atoms with Crippen LogP contribution in [0.15, 0.2) is 36.4 Å². The molecule has 0 bridgehead atoms. The minimum absolute atomic E-state index is 0.0645. The van der Waals surface area contributed by atoms with Gasteiger partial charge < -0.3 is 19.7 Å². The van der Waals surface area contributed by atoms with Crippen LogP contribution < -0.4 is 9.47 Å². The van der Waals surface area contributed by atoms with E-state index in [1.54, 1.807) is 43.5 Å². The van der Waals surface area contributed by atoms with Gasteiger partial charge in [-0.15, -0.1) is 0 Å². The molecule has 19 heavy (non-hydrogen) atoms. The molecule has 1 aliphatic heterocycles. The molecule has 1 heterocycles. The molecular weight excluding hydrogens is 244 g/mol. The van der Waals surface area contributed by atoms with Crippen molar-refractivity contribution >= 4 is 0 Å². The maximum absolute atomic E-state index is 10.4. The molecule has 0 aliphatic carbocycles. The Balaban J connectivity index is 2.09. The van der Waals surface area contributed by atoms with E-state index in [1.165, 1.54) is 0 Å². The molecule has 0 spiro atoms. The number of fused-ring (bicyclic) bond motifs is 2. The predicted octanol–water partition coefficient (Wildman–Crippen LogP) is 2.37. The van der Waals surface area contributed by atoms with Gasteiger partial charge in [-0.3, -0.25) is 0 Å². The molecule has 3 rings (SSSR count). The van der Waals surface area contributed by atoms with Crippen LogP contribution in [-0.4, -0.2) is 17.3 Å². The zero-order valence-corrected chi connectivity index (χ0v) is 10.5. The van der Waals surface area contributed by atoms with Gasteiger partial charge in [-0.25, -0.2) is 0 Å². The summed E-state index contributed by atoms with van der Waals surface area (Å²) in [4.78, 5) is 0. The Morgan fingerprint density at radius 2 is 1.79 bits per heavy atom. The maximum Gasteiger partial charge on any atom is 0.133 e. The second-order valence-electron chi connectivity index (χ2n) is 4.44.